The number of ether oxygens (including phenoxy) is 1. The van der Waals surface area contributed by atoms with Crippen LogP contribution in [0.1, 0.15) is 5.56 Å². The summed E-state index contributed by atoms with van der Waals surface area (Å²) in [5.74, 6) is -1.93. The van der Waals surface area contributed by atoms with Gasteiger partial charge in [-0.05, 0) is 29.1 Å². The van der Waals surface area contributed by atoms with Gasteiger partial charge in [-0.3, -0.25) is 9.36 Å². The lowest BCUT2D eigenvalue weighted by Crippen LogP contribution is -2.41. The number of aromatic nitrogens is 4. The van der Waals surface area contributed by atoms with Crippen molar-refractivity contribution in [3.05, 3.63) is 105 Å². The molecular formula is C25H20F2N4O3. The summed E-state index contributed by atoms with van der Waals surface area (Å²) < 4.78 is 36.3. The molecule has 2 aromatic heterocycles. The molecule has 0 spiro atoms. The van der Waals surface area contributed by atoms with Crippen LogP contribution in [-0.2, 0) is 17.8 Å². The molecule has 0 unspecified atom stereocenters. The SMILES string of the molecule is COCCn1c(=O)c2c(ncn2Cc2ccc(F)c(F)c2)n(-c2cccc3ccccc23)c1=O. The minimum Gasteiger partial charge on any atom is -0.383 e. The molecule has 3 aromatic carbocycles. The summed E-state index contributed by atoms with van der Waals surface area (Å²) in [6.45, 7) is 0.277. The van der Waals surface area contributed by atoms with Crippen LogP contribution in [0.3, 0.4) is 0 Å². The Bertz CT molecular complexity index is 1650. The van der Waals surface area contributed by atoms with Gasteiger partial charge in [-0.1, -0.05) is 42.5 Å². The standard InChI is InChI=1S/C25H20F2N4O3/c1-34-12-11-30-24(32)22-23(28-15-29(22)14-16-9-10-19(26)20(27)13-16)31(25(30)33)21-8-4-6-17-5-2-3-7-18(17)21/h2-10,13,15H,11-12,14H2,1H3. The van der Waals surface area contributed by atoms with Gasteiger partial charge >= 0.3 is 5.69 Å². The molecule has 7 nitrogen and oxygen atoms in total. The molecule has 0 aliphatic carbocycles. The van der Waals surface area contributed by atoms with Crippen molar-refractivity contribution in [2.24, 2.45) is 0 Å². The zero-order valence-corrected chi connectivity index (χ0v) is 18.2. The van der Waals surface area contributed by atoms with Crippen molar-refractivity contribution in [3.8, 4) is 5.69 Å². The molecule has 0 saturated heterocycles. The average molecular weight is 462 g/mol. The van der Waals surface area contributed by atoms with E-state index in [1.807, 2.05) is 36.4 Å². The van der Waals surface area contributed by atoms with E-state index < -0.39 is 22.9 Å². The highest BCUT2D eigenvalue weighted by molar-refractivity contribution is 5.91. The van der Waals surface area contributed by atoms with Crippen molar-refractivity contribution < 1.29 is 13.5 Å². The molecule has 0 amide bonds. The Morgan fingerprint density at radius 1 is 0.971 bits per heavy atom. The zero-order valence-electron chi connectivity index (χ0n) is 18.2. The lowest BCUT2D eigenvalue weighted by molar-refractivity contribution is 0.184. The first-order valence-corrected chi connectivity index (χ1v) is 10.6. The van der Waals surface area contributed by atoms with Gasteiger partial charge in [0.2, 0.25) is 0 Å². The summed E-state index contributed by atoms with van der Waals surface area (Å²) in [4.78, 5) is 31.3. The summed E-state index contributed by atoms with van der Waals surface area (Å²) in [5.41, 5.74) is 0.315. The van der Waals surface area contributed by atoms with Crippen molar-refractivity contribution in [2.75, 3.05) is 13.7 Å². The molecule has 0 radical (unpaired) electrons. The summed E-state index contributed by atoms with van der Waals surface area (Å²) in [6, 6.07) is 16.7. The predicted octanol–water partition coefficient (Wildman–Crippen LogP) is 3.48. The number of rotatable bonds is 6. The van der Waals surface area contributed by atoms with Gasteiger partial charge in [-0.2, -0.15) is 0 Å². The Kier molecular flexibility index (Phi) is 5.54. The van der Waals surface area contributed by atoms with Crippen LogP contribution in [0.4, 0.5) is 8.78 Å². The van der Waals surface area contributed by atoms with Gasteiger partial charge in [0, 0.05) is 19.0 Å². The highest BCUT2D eigenvalue weighted by atomic mass is 19.2. The topological polar surface area (TPSA) is 71.1 Å². The Hall–Kier alpha value is -4.11. The van der Waals surface area contributed by atoms with Crippen LogP contribution in [0.15, 0.2) is 76.6 Å². The summed E-state index contributed by atoms with van der Waals surface area (Å²) in [6.07, 6.45) is 1.43. The highest BCUT2D eigenvalue weighted by Crippen LogP contribution is 2.23. The monoisotopic (exact) mass is 462 g/mol. The molecular weight excluding hydrogens is 442 g/mol. The van der Waals surface area contributed by atoms with Gasteiger partial charge in [0.15, 0.2) is 22.8 Å². The normalized spacial score (nSPS) is 11.5. The fraction of sp³-hybridized carbons (Fsp3) is 0.160. The van der Waals surface area contributed by atoms with Gasteiger partial charge in [0.1, 0.15) is 0 Å². The number of methoxy groups -OCH3 is 1. The maximum atomic E-state index is 13.8. The van der Waals surface area contributed by atoms with Crippen LogP contribution in [-0.4, -0.2) is 32.4 Å². The highest BCUT2D eigenvalue weighted by Gasteiger charge is 2.20. The quantitative estimate of drug-likeness (QED) is 0.388. The zero-order chi connectivity index (χ0) is 23.8. The number of imidazole rings is 1. The molecule has 0 saturated carbocycles. The molecule has 5 rings (SSSR count). The van der Waals surface area contributed by atoms with E-state index in [0.717, 1.165) is 27.5 Å². The lowest BCUT2D eigenvalue weighted by Gasteiger charge is -2.14. The van der Waals surface area contributed by atoms with Crippen molar-refractivity contribution >= 4 is 21.9 Å². The third-order valence-electron chi connectivity index (χ3n) is 5.76. The molecule has 5 aromatic rings. The molecule has 0 aliphatic heterocycles. The van der Waals surface area contributed by atoms with E-state index in [-0.39, 0.29) is 30.9 Å². The first-order chi connectivity index (χ1) is 16.5. The Morgan fingerprint density at radius 3 is 2.56 bits per heavy atom. The van der Waals surface area contributed by atoms with E-state index in [2.05, 4.69) is 4.98 Å². The molecule has 2 heterocycles. The lowest BCUT2D eigenvalue weighted by atomic mass is 10.1. The van der Waals surface area contributed by atoms with Gasteiger partial charge in [0.25, 0.3) is 5.56 Å². The van der Waals surface area contributed by atoms with E-state index in [1.54, 1.807) is 6.07 Å². The maximum absolute atomic E-state index is 13.8. The predicted molar refractivity (Wildman–Crippen MR) is 124 cm³/mol. The second-order valence-corrected chi connectivity index (χ2v) is 7.86. The van der Waals surface area contributed by atoms with Gasteiger partial charge in [-0.15, -0.1) is 0 Å². The number of hydrogen-bond acceptors (Lipinski definition) is 4. The first-order valence-electron chi connectivity index (χ1n) is 10.6. The van der Waals surface area contributed by atoms with Crippen LogP contribution in [0.5, 0.6) is 0 Å². The van der Waals surface area contributed by atoms with Gasteiger partial charge in [0.05, 0.1) is 25.2 Å². The fourth-order valence-electron chi connectivity index (χ4n) is 4.13. The van der Waals surface area contributed by atoms with Crippen molar-refractivity contribution in [1.82, 2.24) is 18.7 Å². The smallest absolute Gasteiger partial charge is 0.337 e. The van der Waals surface area contributed by atoms with E-state index in [1.165, 1.54) is 28.6 Å². The third-order valence-corrected chi connectivity index (χ3v) is 5.76. The number of benzene rings is 3. The number of hydrogen-bond donors (Lipinski definition) is 0. The Morgan fingerprint density at radius 2 is 1.76 bits per heavy atom. The third kappa shape index (κ3) is 3.60. The fourth-order valence-corrected chi connectivity index (χ4v) is 4.13. The van der Waals surface area contributed by atoms with Crippen LogP contribution in [0, 0.1) is 11.6 Å². The average Bonchev–Trinajstić information content (AvgIpc) is 3.25. The van der Waals surface area contributed by atoms with Crippen LogP contribution in [0.25, 0.3) is 27.6 Å². The van der Waals surface area contributed by atoms with Crippen molar-refractivity contribution in [2.45, 2.75) is 13.1 Å². The Labute approximate surface area is 192 Å². The van der Waals surface area contributed by atoms with E-state index in [0.29, 0.717) is 11.3 Å². The number of nitrogens with zero attached hydrogens (tertiary/aromatic N) is 4. The molecule has 0 aliphatic rings. The number of halogens is 2. The van der Waals surface area contributed by atoms with Gasteiger partial charge < -0.3 is 9.30 Å². The molecule has 0 fully saturated rings. The van der Waals surface area contributed by atoms with Gasteiger partial charge in [-0.25, -0.2) is 23.1 Å². The first kappa shape index (κ1) is 21.7. The van der Waals surface area contributed by atoms with Crippen LogP contribution < -0.4 is 11.2 Å². The summed E-state index contributed by atoms with van der Waals surface area (Å²) >= 11 is 0. The minimum atomic E-state index is -0.980. The molecule has 172 valence electrons. The van der Waals surface area contributed by atoms with E-state index >= 15 is 0 Å². The van der Waals surface area contributed by atoms with Crippen LogP contribution in [0.2, 0.25) is 0 Å². The minimum absolute atomic E-state index is 0.0469. The molecule has 34 heavy (non-hydrogen) atoms. The van der Waals surface area contributed by atoms with Crippen LogP contribution >= 0.6 is 0 Å². The molecule has 0 bridgehead atoms. The second kappa shape index (κ2) is 8.68. The number of fused-ring (bicyclic) bond motifs is 2. The summed E-state index contributed by atoms with van der Waals surface area (Å²) in [5, 5.41) is 1.75. The summed E-state index contributed by atoms with van der Waals surface area (Å²) in [7, 11) is 1.49. The second-order valence-electron chi connectivity index (χ2n) is 7.86. The largest absolute Gasteiger partial charge is 0.383 e. The molecule has 0 N–H and O–H groups in total. The Balaban J connectivity index is 1.79. The molecule has 9 heteroatoms. The van der Waals surface area contributed by atoms with E-state index in [4.69, 9.17) is 4.74 Å². The van der Waals surface area contributed by atoms with Crippen molar-refractivity contribution in [3.63, 3.8) is 0 Å². The van der Waals surface area contributed by atoms with E-state index in [9.17, 15) is 18.4 Å². The maximum Gasteiger partial charge on any atom is 0.337 e. The van der Waals surface area contributed by atoms with Crippen molar-refractivity contribution in [1.29, 1.82) is 0 Å². The molecule has 0 atom stereocenters.